The van der Waals surface area contributed by atoms with Gasteiger partial charge in [-0.2, -0.15) is 4.98 Å². The number of halogens is 1. The summed E-state index contributed by atoms with van der Waals surface area (Å²) in [4.78, 5) is 4.74. The first-order chi connectivity index (χ1) is 16.7. The average molecular weight is 489 g/mol. The summed E-state index contributed by atoms with van der Waals surface area (Å²) in [5.74, 6) is 2.32. The van der Waals surface area contributed by atoms with E-state index in [1.54, 1.807) is 7.11 Å². The summed E-state index contributed by atoms with van der Waals surface area (Å²) in [7, 11) is 1.67. The fraction of sp³-hybridized carbons (Fsp3) is 0.154. The molecule has 6 rings (SSSR count). The van der Waals surface area contributed by atoms with E-state index in [1.165, 1.54) is 11.8 Å². The quantitative estimate of drug-likeness (QED) is 0.344. The first-order valence-corrected chi connectivity index (χ1v) is 12.4. The van der Waals surface area contributed by atoms with Crippen LogP contribution in [0.1, 0.15) is 28.8 Å². The molecule has 2 aliphatic heterocycles. The molecule has 2 atom stereocenters. The van der Waals surface area contributed by atoms with Gasteiger partial charge in [0.25, 0.3) is 0 Å². The van der Waals surface area contributed by atoms with E-state index in [2.05, 4.69) is 23.5 Å². The summed E-state index contributed by atoms with van der Waals surface area (Å²) < 4.78 is 14.0. The van der Waals surface area contributed by atoms with Crippen molar-refractivity contribution >= 4 is 35.0 Å². The Kier molecular flexibility index (Phi) is 5.23. The Labute approximate surface area is 206 Å². The Bertz CT molecular complexity index is 1400. The molecule has 8 heteroatoms. The number of fused-ring (bicyclic) bond motifs is 3. The predicted octanol–water partition coefficient (Wildman–Crippen LogP) is 6.22. The van der Waals surface area contributed by atoms with Gasteiger partial charge in [0.15, 0.2) is 0 Å². The lowest BCUT2D eigenvalue weighted by Crippen LogP contribution is -2.32. The highest BCUT2D eigenvalue weighted by atomic mass is 35.5. The number of para-hydroxylation sites is 1. The molecule has 0 radical (unpaired) electrons. The number of thioether (sulfide) groups is 1. The van der Waals surface area contributed by atoms with Crippen molar-refractivity contribution in [2.45, 2.75) is 17.3 Å². The van der Waals surface area contributed by atoms with Crippen molar-refractivity contribution in [3.8, 4) is 11.5 Å². The Balaban J connectivity index is 1.61. The minimum absolute atomic E-state index is 0.223. The molecule has 2 aliphatic rings. The SMILES string of the molecule is COc1ccc([C@@H]2C3=C(Nc4nc(SC)nn42)c2ccccc2O[C@H]3c2ccc(Cl)cc2)cc1. The standard InChI is InChI=1S/C26H21ClN4O2S/c1-32-18-13-9-15(10-14-18)23-21-22(28-25-29-26(34-2)30-31(23)25)19-5-3-4-6-20(19)33-24(21)16-7-11-17(27)12-8-16/h3-14,23-24H,1-2H3,(H,28,29,30)/t23-,24+/m1/s1. The highest BCUT2D eigenvalue weighted by molar-refractivity contribution is 7.98. The number of aromatic nitrogens is 3. The van der Waals surface area contributed by atoms with Crippen LogP contribution in [0.5, 0.6) is 11.5 Å². The Morgan fingerprint density at radius 1 is 1.00 bits per heavy atom. The Hall–Kier alpha value is -3.42. The van der Waals surface area contributed by atoms with Gasteiger partial charge in [-0.1, -0.05) is 59.8 Å². The van der Waals surface area contributed by atoms with Crippen molar-refractivity contribution in [2.75, 3.05) is 18.7 Å². The highest BCUT2D eigenvalue weighted by Gasteiger charge is 2.41. The topological polar surface area (TPSA) is 61.2 Å². The summed E-state index contributed by atoms with van der Waals surface area (Å²) in [5, 5.41) is 9.78. The minimum Gasteiger partial charge on any atom is -0.497 e. The van der Waals surface area contributed by atoms with Crippen LogP contribution in [0.2, 0.25) is 5.02 Å². The second-order valence-electron chi connectivity index (χ2n) is 8.04. The largest absolute Gasteiger partial charge is 0.497 e. The maximum absolute atomic E-state index is 6.64. The third-order valence-electron chi connectivity index (χ3n) is 6.15. The normalized spacial score (nSPS) is 18.3. The van der Waals surface area contributed by atoms with Gasteiger partial charge >= 0.3 is 0 Å². The van der Waals surface area contributed by atoms with E-state index < -0.39 is 0 Å². The zero-order valence-corrected chi connectivity index (χ0v) is 20.1. The van der Waals surface area contributed by atoms with E-state index in [4.69, 9.17) is 31.2 Å². The first kappa shape index (κ1) is 21.1. The summed E-state index contributed by atoms with van der Waals surface area (Å²) >= 11 is 7.72. The molecule has 170 valence electrons. The van der Waals surface area contributed by atoms with E-state index in [-0.39, 0.29) is 12.1 Å². The van der Waals surface area contributed by atoms with Crippen LogP contribution in [-0.2, 0) is 0 Å². The van der Waals surface area contributed by atoms with Crippen molar-refractivity contribution in [2.24, 2.45) is 0 Å². The average Bonchev–Trinajstić information content (AvgIpc) is 3.30. The van der Waals surface area contributed by atoms with E-state index in [1.807, 2.05) is 65.5 Å². The number of anilines is 1. The monoisotopic (exact) mass is 488 g/mol. The van der Waals surface area contributed by atoms with Gasteiger partial charge in [0.1, 0.15) is 23.6 Å². The van der Waals surface area contributed by atoms with Crippen LogP contribution in [0, 0.1) is 0 Å². The molecule has 0 spiro atoms. The van der Waals surface area contributed by atoms with E-state index in [0.29, 0.717) is 16.1 Å². The molecule has 0 fully saturated rings. The zero-order valence-electron chi connectivity index (χ0n) is 18.5. The number of nitrogens with one attached hydrogen (secondary N) is 1. The number of hydrogen-bond donors (Lipinski definition) is 1. The van der Waals surface area contributed by atoms with Crippen LogP contribution in [0.15, 0.2) is 83.5 Å². The van der Waals surface area contributed by atoms with Crippen molar-refractivity contribution in [1.29, 1.82) is 0 Å². The molecular formula is C26H21ClN4O2S. The van der Waals surface area contributed by atoms with Crippen LogP contribution in [0.4, 0.5) is 5.95 Å². The predicted molar refractivity (Wildman–Crippen MR) is 135 cm³/mol. The lowest BCUT2D eigenvalue weighted by Gasteiger charge is -2.39. The van der Waals surface area contributed by atoms with E-state index >= 15 is 0 Å². The molecule has 0 amide bonds. The van der Waals surface area contributed by atoms with Gasteiger partial charge in [-0.25, -0.2) is 4.68 Å². The molecule has 4 aromatic rings. The minimum atomic E-state index is -0.336. The van der Waals surface area contributed by atoms with Gasteiger partial charge in [0.05, 0.1) is 12.8 Å². The number of benzene rings is 3. The van der Waals surface area contributed by atoms with Crippen molar-refractivity contribution in [3.63, 3.8) is 0 Å². The van der Waals surface area contributed by atoms with Crippen LogP contribution < -0.4 is 14.8 Å². The number of ether oxygens (including phenoxy) is 2. The molecule has 6 nitrogen and oxygen atoms in total. The number of rotatable bonds is 4. The molecule has 0 saturated heterocycles. The number of nitrogens with zero attached hydrogens (tertiary/aromatic N) is 3. The van der Waals surface area contributed by atoms with Crippen molar-refractivity contribution in [3.05, 3.63) is 100 Å². The third-order valence-corrected chi connectivity index (χ3v) is 6.94. The molecule has 0 bridgehead atoms. The molecule has 1 N–H and O–H groups in total. The fourth-order valence-corrected chi connectivity index (χ4v) is 5.04. The molecule has 3 heterocycles. The summed E-state index contributed by atoms with van der Waals surface area (Å²) in [5.41, 5.74) is 5.14. The summed E-state index contributed by atoms with van der Waals surface area (Å²) in [6.07, 6.45) is 1.64. The second kappa shape index (κ2) is 8.42. The zero-order chi connectivity index (χ0) is 23.2. The summed E-state index contributed by atoms with van der Waals surface area (Å²) in [6, 6.07) is 23.8. The smallest absolute Gasteiger partial charge is 0.227 e. The number of hydrogen-bond acceptors (Lipinski definition) is 6. The molecule has 0 unspecified atom stereocenters. The van der Waals surface area contributed by atoms with Gasteiger partial charge in [0, 0.05) is 16.2 Å². The molecule has 34 heavy (non-hydrogen) atoms. The highest BCUT2D eigenvalue weighted by Crippen LogP contribution is 2.51. The van der Waals surface area contributed by atoms with Crippen molar-refractivity contribution in [1.82, 2.24) is 14.8 Å². The molecule has 0 saturated carbocycles. The van der Waals surface area contributed by atoms with E-state index in [9.17, 15) is 0 Å². The van der Waals surface area contributed by atoms with Gasteiger partial charge < -0.3 is 14.8 Å². The maximum atomic E-state index is 6.64. The fourth-order valence-electron chi connectivity index (χ4n) is 4.56. The van der Waals surface area contributed by atoms with Gasteiger partial charge in [-0.05, 0) is 53.8 Å². The van der Waals surface area contributed by atoms with Crippen molar-refractivity contribution < 1.29 is 9.47 Å². The van der Waals surface area contributed by atoms with Gasteiger partial charge in [-0.3, -0.25) is 0 Å². The molecule has 1 aromatic heterocycles. The van der Waals surface area contributed by atoms with Crippen LogP contribution in [0.3, 0.4) is 0 Å². The molecule has 3 aromatic carbocycles. The lowest BCUT2D eigenvalue weighted by molar-refractivity contribution is 0.223. The number of methoxy groups -OCH3 is 1. The van der Waals surface area contributed by atoms with Crippen LogP contribution >= 0.6 is 23.4 Å². The Morgan fingerprint density at radius 3 is 2.47 bits per heavy atom. The molecular weight excluding hydrogens is 468 g/mol. The van der Waals surface area contributed by atoms with Gasteiger partial charge in [-0.15, -0.1) is 5.10 Å². The van der Waals surface area contributed by atoms with Gasteiger partial charge in [0.2, 0.25) is 11.1 Å². The van der Waals surface area contributed by atoms with Crippen LogP contribution in [0.25, 0.3) is 5.70 Å². The van der Waals surface area contributed by atoms with Crippen LogP contribution in [-0.4, -0.2) is 28.1 Å². The lowest BCUT2D eigenvalue weighted by atomic mass is 9.84. The van der Waals surface area contributed by atoms with E-state index in [0.717, 1.165) is 39.5 Å². The first-order valence-electron chi connectivity index (χ1n) is 10.8. The third kappa shape index (κ3) is 3.43. The molecule has 0 aliphatic carbocycles. The maximum Gasteiger partial charge on any atom is 0.227 e. The Morgan fingerprint density at radius 2 is 1.74 bits per heavy atom. The second-order valence-corrected chi connectivity index (χ2v) is 9.25. The summed E-state index contributed by atoms with van der Waals surface area (Å²) in [6.45, 7) is 0.